The molecule has 1 fully saturated rings. The number of hydrogen-bond donors (Lipinski definition) is 6. The van der Waals surface area contributed by atoms with Crippen molar-refractivity contribution < 1.29 is 54.1 Å². The van der Waals surface area contributed by atoms with Gasteiger partial charge in [-0.3, -0.25) is 4.79 Å². The van der Waals surface area contributed by atoms with Gasteiger partial charge >= 0.3 is 5.97 Å². The number of carbonyl (C=O) groups is 1. The molecular weight excluding hydrogens is 552 g/mol. The fourth-order valence-electron chi connectivity index (χ4n) is 4.33. The van der Waals surface area contributed by atoms with Crippen LogP contribution in [0, 0.1) is 0 Å². The number of aliphatic hydroxyl groups is 3. The first-order valence-electron chi connectivity index (χ1n) is 12.7. The lowest BCUT2D eigenvalue weighted by Gasteiger charge is -2.39. The van der Waals surface area contributed by atoms with E-state index in [1.165, 1.54) is 54.6 Å². The van der Waals surface area contributed by atoms with Crippen molar-refractivity contribution in [1.82, 2.24) is 0 Å². The molecule has 4 aromatic rings. The Labute approximate surface area is 237 Å². The lowest BCUT2D eigenvalue weighted by Crippen LogP contribution is -2.60. The first-order valence-corrected chi connectivity index (χ1v) is 12.7. The Morgan fingerprint density at radius 1 is 0.857 bits per heavy atom. The zero-order valence-corrected chi connectivity index (χ0v) is 21.7. The molecule has 6 N–H and O–H groups in total. The molecule has 42 heavy (non-hydrogen) atoms. The summed E-state index contributed by atoms with van der Waals surface area (Å²) in [5.74, 6) is -1.13. The molecule has 12 nitrogen and oxygen atoms in total. The number of rotatable bonds is 7. The second-order valence-corrected chi connectivity index (χ2v) is 9.52. The number of phenols is 3. The maximum absolute atomic E-state index is 12.7. The average molecular weight is 579 g/mol. The second-order valence-electron chi connectivity index (χ2n) is 9.52. The van der Waals surface area contributed by atoms with Crippen LogP contribution in [0.5, 0.6) is 23.0 Å². The molecule has 1 aliphatic heterocycles. The van der Waals surface area contributed by atoms with Crippen molar-refractivity contribution in [2.45, 2.75) is 30.7 Å². The number of hydrogen-bond acceptors (Lipinski definition) is 12. The highest BCUT2D eigenvalue weighted by atomic mass is 16.7. The van der Waals surface area contributed by atoms with Crippen molar-refractivity contribution in [2.24, 2.45) is 0 Å². The van der Waals surface area contributed by atoms with E-state index in [2.05, 4.69) is 0 Å². The predicted octanol–water partition coefficient (Wildman–Crippen LogP) is 2.02. The molecule has 0 amide bonds. The highest BCUT2D eigenvalue weighted by Crippen LogP contribution is 2.33. The van der Waals surface area contributed by atoms with Crippen LogP contribution < -0.4 is 10.2 Å². The lowest BCUT2D eigenvalue weighted by atomic mass is 9.99. The Kier molecular flexibility index (Phi) is 8.13. The van der Waals surface area contributed by atoms with E-state index in [-0.39, 0.29) is 34.0 Å². The van der Waals surface area contributed by atoms with Crippen LogP contribution in [0.25, 0.3) is 28.4 Å². The minimum Gasteiger partial charge on any atom is -0.508 e. The van der Waals surface area contributed by atoms with Gasteiger partial charge in [-0.15, -0.1) is 0 Å². The van der Waals surface area contributed by atoms with Gasteiger partial charge in [-0.25, -0.2) is 4.79 Å². The largest absolute Gasteiger partial charge is 0.508 e. The summed E-state index contributed by atoms with van der Waals surface area (Å²) in [5.41, 5.74) is 0.501. The number of esters is 1. The molecule has 218 valence electrons. The number of aromatic hydroxyl groups is 3. The highest BCUT2D eigenvalue weighted by molar-refractivity contribution is 5.87. The SMILES string of the molecule is O=C(/C=C/c1ccc(O)cc1)OC[C@H]1OC(Oc2cc(O)c3c(=O)cc(-c4ccc(O)cc4)oc3c2)[C@H](O)[C@@H](O)[C@@H]1O. The smallest absolute Gasteiger partial charge is 0.330 e. The second kappa shape index (κ2) is 11.9. The third kappa shape index (κ3) is 6.21. The van der Waals surface area contributed by atoms with Gasteiger partial charge in [-0.1, -0.05) is 12.1 Å². The fourth-order valence-corrected chi connectivity index (χ4v) is 4.33. The zero-order chi connectivity index (χ0) is 30.0. The lowest BCUT2D eigenvalue weighted by molar-refractivity contribution is -0.278. The third-order valence-electron chi connectivity index (χ3n) is 6.55. The standard InChI is InChI=1S/C30H26O12/c31-17-6-1-15(2-7-17)3-10-25(35)39-14-24-27(36)28(37)29(38)30(42-24)40-19-11-20(33)26-21(34)13-22(41-23(26)12-19)16-4-8-18(32)9-5-16/h1-13,24,27-33,36-38H,14H2/b10-3+/t24-,27-,28+,29-,30?/m1/s1. The summed E-state index contributed by atoms with van der Waals surface area (Å²) in [7, 11) is 0. The Morgan fingerprint density at radius 2 is 1.52 bits per heavy atom. The average Bonchev–Trinajstić information content (AvgIpc) is 2.96. The van der Waals surface area contributed by atoms with Gasteiger partial charge < -0.3 is 49.3 Å². The predicted molar refractivity (Wildman–Crippen MR) is 147 cm³/mol. The summed E-state index contributed by atoms with van der Waals surface area (Å²) >= 11 is 0. The Morgan fingerprint density at radius 3 is 2.21 bits per heavy atom. The summed E-state index contributed by atoms with van der Waals surface area (Å²) in [6.45, 7) is -0.503. The molecule has 0 saturated carbocycles. The first-order chi connectivity index (χ1) is 20.1. The molecule has 5 atom stereocenters. The minimum absolute atomic E-state index is 0.0205. The van der Waals surface area contributed by atoms with Crippen molar-refractivity contribution in [3.05, 3.63) is 88.6 Å². The molecule has 0 aliphatic carbocycles. The van der Waals surface area contributed by atoms with Crippen molar-refractivity contribution in [3.63, 3.8) is 0 Å². The van der Waals surface area contributed by atoms with Crippen LogP contribution in [0.1, 0.15) is 5.56 Å². The number of ether oxygens (including phenoxy) is 3. The molecule has 5 rings (SSSR count). The van der Waals surface area contributed by atoms with E-state index in [1.54, 1.807) is 12.1 Å². The molecule has 3 aromatic carbocycles. The molecule has 1 saturated heterocycles. The van der Waals surface area contributed by atoms with E-state index in [4.69, 9.17) is 18.6 Å². The Hall–Kier alpha value is -4.88. The molecule has 12 heteroatoms. The van der Waals surface area contributed by atoms with E-state index in [9.17, 15) is 40.2 Å². The summed E-state index contributed by atoms with van der Waals surface area (Å²) in [6, 6.07) is 15.5. The van der Waals surface area contributed by atoms with Crippen LogP contribution in [-0.2, 0) is 14.3 Å². The van der Waals surface area contributed by atoms with Crippen LogP contribution in [0.2, 0.25) is 0 Å². The Bertz CT molecular complexity index is 1660. The van der Waals surface area contributed by atoms with E-state index in [0.717, 1.165) is 12.1 Å². The topological polar surface area (TPSA) is 196 Å². The quantitative estimate of drug-likeness (QED) is 0.138. The van der Waals surface area contributed by atoms with Crippen molar-refractivity contribution in [2.75, 3.05) is 6.61 Å². The number of benzene rings is 3. The number of phenolic OH excluding ortho intramolecular Hbond substituents is 3. The Balaban J connectivity index is 1.31. The molecule has 0 bridgehead atoms. The van der Waals surface area contributed by atoms with Gasteiger partial charge in [0.05, 0.1) is 0 Å². The first kappa shape index (κ1) is 28.6. The maximum Gasteiger partial charge on any atom is 0.330 e. The van der Waals surface area contributed by atoms with Gasteiger partial charge in [0.15, 0.2) is 5.43 Å². The van der Waals surface area contributed by atoms with Gasteiger partial charge in [-0.2, -0.15) is 0 Å². The van der Waals surface area contributed by atoms with Gasteiger partial charge in [0, 0.05) is 29.8 Å². The monoisotopic (exact) mass is 578 g/mol. The molecule has 1 aliphatic rings. The molecule has 2 heterocycles. The third-order valence-corrected chi connectivity index (χ3v) is 6.55. The normalized spacial score (nSPS) is 22.3. The number of fused-ring (bicyclic) bond motifs is 1. The van der Waals surface area contributed by atoms with Crippen LogP contribution in [0.3, 0.4) is 0 Å². The van der Waals surface area contributed by atoms with E-state index in [0.29, 0.717) is 11.1 Å². The van der Waals surface area contributed by atoms with Crippen LogP contribution in [-0.4, -0.2) is 73.9 Å². The van der Waals surface area contributed by atoms with E-state index >= 15 is 0 Å². The summed E-state index contributed by atoms with van der Waals surface area (Å²) in [6.07, 6.45) is -5.43. The summed E-state index contributed by atoms with van der Waals surface area (Å²) in [4.78, 5) is 24.9. The van der Waals surface area contributed by atoms with E-state index < -0.39 is 54.5 Å². The van der Waals surface area contributed by atoms with Gasteiger partial charge in [0.25, 0.3) is 0 Å². The number of carbonyl (C=O) groups excluding carboxylic acids is 1. The fraction of sp³-hybridized carbons (Fsp3) is 0.200. The molecule has 0 radical (unpaired) electrons. The summed E-state index contributed by atoms with van der Waals surface area (Å²) in [5, 5.41) is 60.5. The molecule has 1 unspecified atom stereocenters. The van der Waals surface area contributed by atoms with E-state index in [1.807, 2.05) is 0 Å². The van der Waals surface area contributed by atoms with Crippen molar-refractivity contribution >= 4 is 23.0 Å². The zero-order valence-electron chi connectivity index (χ0n) is 21.7. The maximum atomic E-state index is 12.7. The minimum atomic E-state index is -1.74. The van der Waals surface area contributed by atoms with Crippen LogP contribution in [0.4, 0.5) is 0 Å². The molecule has 0 spiro atoms. The molecule has 1 aromatic heterocycles. The summed E-state index contributed by atoms with van der Waals surface area (Å²) < 4.78 is 22.2. The van der Waals surface area contributed by atoms with Crippen LogP contribution in [0.15, 0.2) is 82.0 Å². The van der Waals surface area contributed by atoms with Crippen LogP contribution >= 0.6 is 0 Å². The van der Waals surface area contributed by atoms with Gasteiger partial charge in [0.2, 0.25) is 6.29 Å². The highest BCUT2D eigenvalue weighted by Gasteiger charge is 2.45. The van der Waals surface area contributed by atoms with Gasteiger partial charge in [0.1, 0.15) is 70.8 Å². The van der Waals surface area contributed by atoms with Gasteiger partial charge in [-0.05, 0) is 48.0 Å². The number of aliphatic hydroxyl groups excluding tert-OH is 3. The molecular formula is C30H26O12. The van der Waals surface area contributed by atoms with Crippen molar-refractivity contribution in [1.29, 1.82) is 0 Å². The van der Waals surface area contributed by atoms with Crippen molar-refractivity contribution in [3.8, 4) is 34.3 Å².